The van der Waals surface area contributed by atoms with Crippen molar-refractivity contribution in [1.29, 1.82) is 0 Å². The molecule has 0 radical (unpaired) electrons. The normalized spacial score (nSPS) is 10.8. The minimum absolute atomic E-state index is 0.110. The summed E-state index contributed by atoms with van der Waals surface area (Å²) in [6, 6.07) is 17.8. The van der Waals surface area contributed by atoms with E-state index in [1.165, 1.54) is 12.1 Å². The Labute approximate surface area is 184 Å². The molecule has 0 amide bonds. The molecule has 0 aliphatic heterocycles. The van der Waals surface area contributed by atoms with Crippen molar-refractivity contribution in [2.75, 3.05) is 0 Å². The summed E-state index contributed by atoms with van der Waals surface area (Å²) in [6.07, 6.45) is 1.38. The van der Waals surface area contributed by atoms with Gasteiger partial charge < -0.3 is 0 Å². The van der Waals surface area contributed by atoms with Crippen LogP contribution in [0.5, 0.6) is 0 Å². The number of hydrogen-bond donors (Lipinski definition) is 0. The molecular weight excluding hydrogens is 412 g/mol. The summed E-state index contributed by atoms with van der Waals surface area (Å²) in [6.45, 7) is 1.86. The zero-order valence-corrected chi connectivity index (χ0v) is 17.5. The molecule has 4 heteroatoms. The lowest BCUT2D eigenvalue weighted by molar-refractivity contribution is 0.511. The summed E-state index contributed by atoms with van der Waals surface area (Å²) < 4.78 is 55.1. The second-order valence-corrected chi connectivity index (χ2v) is 7.67. The van der Waals surface area contributed by atoms with E-state index in [1.807, 2.05) is 31.2 Å². The molecule has 0 saturated heterocycles. The maximum atomic E-state index is 14.2. The summed E-state index contributed by atoms with van der Waals surface area (Å²) in [4.78, 5) is 0. The van der Waals surface area contributed by atoms with Crippen molar-refractivity contribution in [2.24, 2.45) is 0 Å². The Bertz CT molecular complexity index is 1320. The number of hydrogen-bond acceptors (Lipinski definition) is 0. The highest BCUT2D eigenvalue weighted by molar-refractivity contribution is 5.84. The van der Waals surface area contributed by atoms with Gasteiger partial charge >= 0.3 is 0 Å². The highest BCUT2D eigenvalue weighted by atomic mass is 19.2. The SMILES string of the molecule is CCc1cc(F)c(CCc2ccc(C#Cc3ccc4cc(F)c(F)cc4c3)cc2)c(F)c1. The maximum Gasteiger partial charge on any atom is 0.159 e. The molecule has 0 atom stereocenters. The van der Waals surface area contributed by atoms with Gasteiger partial charge in [0.15, 0.2) is 11.6 Å². The molecule has 0 spiro atoms. The Hall–Kier alpha value is -3.58. The van der Waals surface area contributed by atoms with E-state index < -0.39 is 23.3 Å². The molecule has 4 rings (SSSR count). The minimum atomic E-state index is -0.890. The second kappa shape index (κ2) is 9.28. The van der Waals surface area contributed by atoms with Crippen LogP contribution in [0, 0.1) is 35.1 Å². The van der Waals surface area contributed by atoms with Crippen LogP contribution < -0.4 is 0 Å². The van der Waals surface area contributed by atoms with Crippen LogP contribution in [0.25, 0.3) is 10.8 Å². The van der Waals surface area contributed by atoms with Gasteiger partial charge in [0.2, 0.25) is 0 Å². The third-order valence-corrected chi connectivity index (χ3v) is 5.46. The molecule has 0 bridgehead atoms. The molecule has 0 unspecified atom stereocenters. The average Bonchev–Trinajstić information content (AvgIpc) is 2.78. The first-order chi connectivity index (χ1) is 15.4. The van der Waals surface area contributed by atoms with Crippen LogP contribution in [0.3, 0.4) is 0 Å². The third kappa shape index (κ3) is 4.84. The molecule has 0 aliphatic rings. The summed E-state index contributed by atoms with van der Waals surface area (Å²) in [7, 11) is 0. The molecule has 0 N–H and O–H groups in total. The fraction of sp³-hybridized carbons (Fsp3) is 0.143. The predicted molar refractivity (Wildman–Crippen MR) is 119 cm³/mol. The molecule has 160 valence electrons. The lowest BCUT2D eigenvalue weighted by Crippen LogP contribution is -2.00. The van der Waals surface area contributed by atoms with Gasteiger partial charge in [0.25, 0.3) is 0 Å². The van der Waals surface area contributed by atoms with Crippen LogP contribution in [0.4, 0.5) is 17.6 Å². The Kier molecular flexibility index (Phi) is 6.28. The zero-order valence-electron chi connectivity index (χ0n) is 17.5. The van der Waals surface area contributed by atoms with Crippen molar-refractivity contribution in [2.45, 2.75) is 26.2 Å². The van der Waals surface area contributed by atoms with Crippen molar-refractivity contribution >= 4 is 10.8 Å². The van der Waals surface area contributed by atoms with Crippen LogP contribution >= 0.6 is 0 Å². The number of rotatable bonds is 4. The Morgan fingerprint density at radius 3 is 1.81 bits per heavy atom. The van der Waals surface area contributed by atoms with E-state index in [2.05, 4.69) is 11.8 Å². The molecule has 4 aromatic rings. The quantitative estimate of drug-likeness (QED) is 0.237. The first kappa shape index (κ1) is 21.6. The van der Waals surface area contributed by atoms with Crippen LogP contribution in [0.1, 0.15) is 34.7 Å². The largest absolute Gasteiger partial charge is 0.207 e. The highest BCUT2D eigenvalue weighted by Crippen LogP contribution is 2.20. The van der Waals surface area contributed by atoms with Gasteiger partial charge in [-0.2, -0.15) is 0 Å². The van der Waals surface area contributed by atoms with Gasteiger partial charge in [-0.15, -0.1) is 0 Å². The lowest BCUT2D eigenvalue weighted by atomic mass is 10.0. The lowest BCUT2D eigenvalue weighted by Gasteiger charge is -2.08. The van der Waals surface area contributed by atoms with E-state index in [1.54, 1.807) is 18.2 Å². The Morgan fingerprint density at radius 1 is 0.562 bits per heavy atom. The van der Waals surface area contributed by atoms with E-state index in [0.717, 1.165) is 23.3 Å². The maximum absolute atomic E-state index is 14.2. The standard InChI is InChI=1S/C28H20F4/c1-2-18-14-25(29)24(26(30)15-18)12-10-20-5-3-19(4-6-20)7-8-21-9-11-22-16-27(31)28(32)17-23(22)13-21/h3-6,9,11,13-17H,2,10,12H2,1H3. The predicted octanol–water partition coefficient (Wildman–Crippen LogP) is 7.14. The summed E-state index contributed by atoms with van der Waals surface area (Å²) in [5.41, 5.74) is 3.18. The summed E-state index contributed by atoms with van der Waals surface area (Å²) in [5.74, 6) is 3.31. The molecule has 0 aromatic heterocycles. The number of aryl methyl sites for hydroxylation is 2. The van der Waals surface area contributed by atoms with E-state index in [0.29, 0.717) is 34.7 Å². The van der Waals surface area contributed by atoms with E-state index in [9.17, 15) is 17.6 Å². The van der Waals surface area contributed by atoms with Crippen molar-refractivity contribution in [3.63, 3.8) is 0 Å². The number of halogens is 4. The van der Waals surface area contributed by atoms with E-state index in [-0.39, 0.29) is 12.0 Å². The fourth-order valence-electron chi connectivity index (χ4n) is 3.59. The molecular formula is C28H20F4. The smallest absolute Gasteiger partial charge is 0.159 e. The van der Waals surface area contributed by atoms with Crippen molar-refractivity contribution in [1.82, 2.24) is 0 Å². The topological polar surface area (TPSA) is 0 Å². The zero-order chi connectivity index (χ0) is 22.7. The Balaban J connectivity index is 1.46. The Morgan fingerprint density at radius 2 is 1.16 bits per heavy atom. The first-order valence-corrected chi connectivity index (χ1v) is 10.4. The average molecular weight is 432 g/mol. The third-order valence-electron chi connectivity index (χ3n) is 5.46. The van der Waals surface area contributed by atoms with Crippen molar-refractivity contribution < 1.29 is 17.6 Å². The van der Waals surface area contributed by atoms with Gasteiger partial charge in [-0.25, -0.2) is 17.6 Å². The van der Waals surface area contributed by atoms with Crippen LogP contribution in [-0.4, -0.2) is 0 Å². The fourth-order valence-corrected chi connectivity index (χ4v) is 3.59. The molecule has 4 aromatic carbocycles. The molecule has 0 aliphatic carbocycles. The van der Waals surface area contributed by atoms with Gasteiger partial charge in [0.1, 0.15) is 11.6 Å². The van der Waals surface area contributed by atoms with Gasteiger partial charge in [0.05, 0.1) is 0 Å². The molecule has 0 heterocycles. The van der Waals surface area contributed by atoms with E-state index >= 15 is 0 Å². The van der Waals surface area contributed by atoms with Gasteiger partial charge in [-0.3, -0.25) is 0 Å². The number of benzene rings is 4. The van der Waals surface area contributed by atoms with E-state index in [4.69, 9.17) is 0 Å². The van der Waals surface area contributed by atoms with Crippen LogP contribution in [0.15, 0.2) is 66.7 Å². The molecule has 0 saturated carbocycles. The first-order valence-electron chi connectivity index (χ1n) is 10.4. The van der Waals surface area contributed by atoms with Gasteiger partial charge in [-0.05, 0) is 89.7 Å². The number of fused-ring (bicyclic) bond motifs is 1. The highest BCUT2D eigenvalue weighted by Gasteiger charge is 2.11. The van der Waals surface area contributed by atoms with Gasteiger partial charge in [0, 0.05) is 16.7 Å². The van der Waals surface area contributed by atoms with Gasteiger partial charge in [-0.1, -0.05) is 37.0 Å². The molecule has 0 nitrogen and oxygen atoms in total. The molecule has 32 heavy (non-hydrogen) atoms. The molecule has 0 fully saturated rings. The van der Waals surface area contributed by atoms with Crippen LogP contribution in [0.2, 0.25) is 0 Å². The minimum Gasteiger partial charge on any atom is -0.207 e. The monoisotopic (exact) mass is 432 g/mol. The van der Waals surface area contributed by atoms with Crippen molar-refractivity contribution in [3.05, 3.63) is 118 Å². The van der Waals surface area contributed by atoms with Crippen LogP contribution in [-0.2, 0) is 19.3 Å². The summed E-state index contributed by atoms with van der Waals surface area (Å²) >= 11 is 0. The summed E-state index contributed by atoms with van der Waals surface area (Å²) in [5, 5.41) is 1.19. The second-order valence-electron chi connectivity index (χ2n) is 7.67. The van der Waals surface area contributed by atoms with Crippen molar-refractivity contribution in [3.8, 4) is 11.8 Å².